The maximum absolute atomic E-state index is 12.9. The third-order valence-electron chi connectivity index (χ3n) is 6.86. The Kier molecular flexibility index (Phi) is 6.79. The molecule has 0 radical (unpaired) electrons. The molecule has 3 fully saturated rings. The van der Waals surface area contributed by atoms with Gasteiger partial charge in [-0.15, -0.1) is 12.4 Å². The molecule has 0 aromatic carbocycles. The number of urea groups is 1. The Morgan fingerprint density at radius 1 is 1.26 bits per heavy atom. The molecule has 8 heteroatoms. The Labute approximate surface area is 167 Å². The summed E-state index contributed by atoms with van der Waals surface area (Å²) < 4.78 is 0. The predicted molar refractivity (Wildman–Crippen MR) is 106 cm³/mol. The fourth-order valence-corrected chi connectivity index (χ4v) is 4.29. The van der Waals surface area contributed by atoms with Crippen molar-refractivity contribution in [2.45, 2.75) is 58.4 Å². The summed E-state index contributed by atoms with van der Waals surface area (Å²) in [6, 6.07) is -0.427. The lowest BCUT2D eigenvalue weighted by molar-refractivity contribution is -0.136. The number of rotatable bonds is 6. The zero-order chi connectivity index (χ0) is 18.9. The minimum atomic E-state index is -0.796. The van der Waals surface area contributed by atoms with Gasteiger partial charge < -0.3 is 16.0 Å². The Balaban J connectivity index is 0.00000261. The molecule has 1 aliphatic carbocycles. The maximum Gasteiger partial charge on any atom is 0.325 e. The summed E-state index contributed by atoms with van der Waals surface area (Å²) in [5.41, 5.74) is -0.543. The highest BCUT2D eigenvalue weighted by Gasteiger charge is 2.53. The number of halogens is 1. The van der Waals surface area contributed by atoms with E-state index in [4.69, 9.17) is 0 Å². The number of amides is 4. The highest BCUT2D eigenvalue weighted by molar-refractivity contribution is 6.09. The van der Waals surface area contributed by atoms with Crippen molar-refractivity contribution in [2.75, 3.05) is 26.2 Å². The summed E-state index contributed by atoms with van der Waals surface area (Å²) in [6.07, 6.45) is 4.30. The molecule has 1 spiro atoms. The minimum absolute atomic E-state index is 0. The smallest absolute Gasteiger partial charge is 0.325 e. The third kappa shape index (κ3) is 4.40. The highest BCUT2D eigenvalue weighted by Crippen LogP contribution is 2.45. The van der Waals surface area contributed by atoms with Crippen molar-refractivity contribution in [1.82, 2.24) is 20.9 Å². The Bertz CT molecular complexity index is 584. The second-order valence-electron chi connectivity index (χ2n) is 8.85. The van der Waals surface area contributed by atoms with Gasteiger partial charge in [0.1, 0.15) is 12.1 Å². The first kappa shape index (κ1) is 22.0. The second kappa shape index (κ2) is 8.35. The number of imide groups is 1. The highest BCUT2D eigenvalue weighted by atomic mass is 35.5. The van der Waals surface area contributed by atoms with Crippen LogP contribution in [0, 0.1) is 17.3 Å². The summed E-state index contributed by atoms with van der Waals surface area (Å²) in [5, 5.41) is 8.87. The van der Waals surface area contributed by atoms with E-state index < -0.39 is 11.6 Å². The molecule has 0 atom stereocenters. The van der Waals surface area contributed by atoms with Crippen LogP contribution < -0.4 is 16.0 Å². The lowest BCUT2D eigenvalue weighted by Crippen LogP contribution is -2.51. The molecular formula is C19H33ClN4O3. The lowest BCUT2D eigenvalue weighted by Gasteiger charge is -2.42. The zero-order valence-corrected chi connectivity index (χ0v) is 17.4. The standard InChI is InChI=1S/C19H32N4O3.ClH/c1-4-18(2,3)14-5-7-19(8-6-14)16(25)23(17(26)22-19)12-15(24)21-11-13-9-20-10-13;/h13-14,20H,4-12H2,1-3H3,(H,21,24)(H,22,26);1H. The predicted octanol–water partition coefficient (Wildman–Crippen LogP) is 1.66. The summed E-state index contributed by atoms with van der Waals surface area (Å²) in [7, 11) is 0. The summed E-state index contributed by atoms with van der Waals surface area (Å²) >= 11 is 0. The zero-order valence-electron chi connectivity index (χ0n) is 16.6. The average molecular weight is 401 g/mol. The fourth-order valence-electron chi connectivity index (χ4n) is 4.29. The average Bonchev–Trinajstić information content (AvgIpc) is 2.78. The fraction of sp³-hybridized carbons (Fsp3) is 0.842. The monoisotopic (exact) mass is 400 g/mol. The summed E-state index contributed by atoms with van der Waals surface area (Å²) in [6.45, 7) is 8.97. The van der Waals surface area contributed by atoms with Crippen molar-refractivity contribution in [3.05, 3.63) is 0 Å². The van der Waals surface area contributed by atoms with Gasteiger partial charge in [0.15, 0.2) is 0 Å². The number of nitrogens with one attached hydrogen (secondary N) is 3. The van der Waals surface area contributed by atoms with Crippen LogP contribution in [-0.4, -0.2) is 54.5 Å². The second-order valence-corrected chi connectivity index (χ2v) is 8.85. The van der Waals surface area contributed by atoms with Crippen LogP contribution in [0.3, 0.4) is 0 Å². The van der Waals surface area contributed by atoms with Crippen molar-refractivity contribution in [3.63, 3.8) is 0 Å². The maximum atomic E-state index is 12.9. The molecule has 7 nitrogen and oxygen atoms in total. The molecule has 2 aliphatic heterocycles. The van der Waals surface area contributed by atoms with Crippen molar-refractivity contribution < 1.29 is 14.4 Å². The van der Waals surface area contributed by atoms with Gasteiger partial charge in [-0.05, 0) is 37.0 Å². The quantitative estimate of drug-likeness (QED) is 0.591. The normalized spacial score (nSPS) is 28.6. The molecule has 1 saturated carbocycles. The van der Waals surface area contributed by atoms with Crippen LogP contribution in [-0.2, 0) is 9.59 Å². The van der Waals surface area contributed by atoms with Gasteiger partial charge in [0.05, 0.1) is 0 Å². The lowest BCUT2D eigenvalue weighted by atomic mass is 9.65. The van der Waals surface area contributed by atoms with Crippen LogP contribution in [0.5, 0.6) is 0 Å². The summed E-state index contributed by atoms with van der Waals surface area (Å²) in [4.78, 5) is 38.5. The molecule has 27 heavy (non-hydrogen) atoms. The first-order chi connectivity index (χ1) is 12.3. The van der Waals surface area contributed by atoms with Crippen LogP contribution >= 0.6 is 12.4 Å². The van der Waals surface area contributed by atoms with Crippen molar-refractivity contribution in [3.8, 4) is 0 Å². The largest absolute Gasteiger partial charge is 0.354 e. The topological polar surface area (TPSA) is 90.5 Å². The molecule has 4 amide bonds. The van der Waals surface area contributed by atoms with E-state index in [0.717, 1.165) is 37.3 Å². The van der Waals surface area contributed by atoms with E-state index in [2.05, 4.69) is 36.7 Å². The Hall–Kier alpha value is -1.34. The minimum Gasteiger partial charge on any atom is -0.354 e. The van der Waals surface area contributed by atoms with E-state index >= 15 is 0 Å². The van der Waals surface area contributed by atoms with E-state index in [0.29, 0.717) is 31.2 Å². The van der Waals surface area contributed by atoms with Crippen LogP contribution in [0.2, 0.25) is 0 Å². The number of nitrogens with zero attached hydrogens (tertiary/aromatic N) is 1. The molecule has 0 aromatic rings. The number of carbonyl (C=O) groups is 3. The molecule has 0 bridgehead atoms. The molecule has 154 valence electrons. The van der Waals surface area contributed by atoms with Crippen molar-refractivity contribution in [2.24, 2.45) is 17.3 Å². The Morgan fingerprint density at radius 3 is 2.41 bits per heavy atom. The molecular weight excluding hydrogens is 368 g/mol. The van der Waals surface area contributed by atoms with Crippen molar-refractivity contribution in [1.29, 1.82) is 0 Å². The molecule has 0 unspecified atom stereocenters. The van der Waals surface area contributed by atoms with Gasteiger partial charge in [-0.1, -0.05) is 27.2 Å². The van der Waals surface area contributed by atoms with Crippen LogP contribution in [0.25, 0.3) is 0 Å². The van der Waals surface area contributed by atoms with Crippen LogP contribution in [0.4, 0.5) is 4.79 Å². The number of hydrogen-bond donors (Lipinski definition) is 3. The number of carbonyl (C=O) groups excluding carboxylic acids is 3. The Morgan fingerprint density at radius 2 is 1.89 bits per heavy atom. The van der Waals surface area contributed by atoms with E-state index in [1.165, 1.54) is 0 Å². The van der Waals surface area contributed by atoms with Gasteiger partial charge in [0.25, 0.3) is 5.91 Å². The molecule has 3 aliphatic rings. The SMILES string of the molecule is CCC(C)(C)C1CCC2(CC1)NC(=O)N(CC(=O)NCC1CNC1)C2=O.Cl. The number of hydrogen-bond acceptors (Lipinski definition) is 4. The van der Waals surface area contributed by atoms with Gasteiger partial charge >= 0.3 is 6.03 Å². The molecule has 2 heterocycles. The molecule has 3 N–H and O–H groups in total. The first-order valence-corrected chi connectivity index (χ1v) is 9.89. The van der Waals surface area contributed by atoms with Gasteiger partial charge in [-0.2, -0.15) is 0 Å². The van der Waals surface area contributed by atoms with E-state index in [1.807, 2.05) is 0 Å². The molecule has 3 rings (SSSR count). The van der Waals surface area contributed by atoms with Gasteiger partial charge in [-0.25, -0.2) is 4.79 Å². The van der Waals surface area contributed by atoms with Gasteiger partial charge in [0, 0.05) is 25.6 Å². The first-order valence-electron chi connectivity index (χ1n) is 9.89. The van der Waals surface area contributed by atoms with E-state index in [9.17, 15) is 14.4 Å². The van der Waals surface area contributed by atoms with E-state index in [1.54, 1.807) is 0 Å². The van der Waals surface area contributed by atoms with E-state index in [-0.39, 0.29) is 36.2 Å². The van der Waals surface area contributed by atoms with Gasteiger partial charge in [0.2, 0.25) is 5.91 Å². The van der Waals surface area contributed by atoms with Crippen LogP contribution in [0.1, 0.15) is 52.9 Å². The van der Waals surface area contributed by atoms with Gasteiger partial charge in [-0.3, -0.25) is 14.5 Å². The molecule has 0 aromatic heterocycles. The van der Waals surface area contributed by atoms with Crippen molar-refractivity contribution >= 4 is 30.3 Å². The third-order valence-corrected chi connectivity index (χ3v) is 6.86. The molecule has 2 saturated heterocycles. The van der Waals surface area contributed by atoms with Crippen LogP contribution in [0.15, 0.2) is 0 Å². The summed E-state index contributed by atoms with van der Waals surface area (Å²) in [5.74, 6) is 0.524.